The first-order valence-electron chi connectivity index (χ1n) is 6.72. The van der Waals surface area contributed by atoms with Gasteiger partial charge in [-0.05, 0) is 24.5 Å². The van der Waals surface area contributed by atoms with Gasteiger partial charge >= 0.3 is 5.97 Å². The Morgan fingerprint density at radius 3 is 2.55 bits per heavy atom. The summed E-state index contributed by atoms with van der Waals surface area (Å²) in [5, 5.41) is 12.4. The summed E-state index contributed by atoms with van der Waals surface area (Å²) in [4.78, 5) is 23.1. The molecule has 0 fully saturated rings. The van der Waals surface area contributed by atoms with E-state index < -0.39 is 11.9 Å². The highest BCUT2D eigenvalue weighted by molar-refractivity contribution is 6.33. The first-order valence-corrected chi connectivity index (χ1v) is 7.10. The minimum atomic E-state index is -0.843. The number of carboxylic acid groups (broad SMARTS) is 1. The van der Waals surface area contributed by atoms with Crippen LogP contribution in [0.4, 0.5) is 5.69 Å². The van der Waals surface area contributed by atoms with Gasteiger partial charge in [-0.1, -0.05) is 44.0 Å². The maximum atomic E-state index is 11.9. The Bertz CT molecular complexity index is 476. The van der Waals surface area contributed by atoms with Crippen molar-refractivity contribution in [3.63, 3.8) is 0 Å². The van der Waals surface area contributed by atoms with Gasteiger partial charge in [-0.3, -0.25) is 9.59 Å². The van der Waals surface area contributed by atoms with Crippen LogP contribution in [0, 0.1) is 11.8 Å². The molecule has 0 bridgehead atoms. The second-order valence-corrected chi connectivity index (χ2v) is 5.35. The fourth-order valence-corrected chi connectivity index (χ4v) is 2.34. The fourth-order valence-electron chi connectivity index (χ4n) is 2.16. The van der Waals surface area contributed by atoms with Gasteiger partial charge in [0.05, 0.1) is 16.6 Å². The number of benzene rings is 1. The second-order valence-electron chi connectivity index (χ2n) is 4.94. The monoisotopic (exact) mass is 297 g/mol. The average molecular weight is 298 g/mol. The van der Waals surface area contributed by atoms with Crippen LogP contribution < -0.4 is 5.32 Å². The summed E-state index contributed by atoms with van der Waals surface area (Å²) in [6.07, 6.45) is 1.53. The third-order valence-corrected chi connectivity index (χ3v) is 3.59. The van der Waals surface area contributed by atoms with Crippen LogP contribution in [0.1, 0.15) is 33.1 Å². The lowest BCUT2D eigenvalue weighted by atomic mass is 9.87. The third-order valence-electron chi connectivity index (χ3n) is 3.26. The molecule has 0 radical (unpaired) electrons. The van der Waals surface area contributed by atoms with Crippen molar-refractivity contribution in [1.29, 1.82) is 0 Å². The van der Waals surface area contributed by atoms with Crippen LogP contribution >= 0.6 is 11.6 Å². The lowest BCUT2D eigenvalue weighted by Gasteiger charge is -2.19. The van der Waals surface area contributed by atoms with Gasteiger partial charge in [-0.15, -0.1) is 0 Å². The highest BCUT2D eigenvalue weighted by Gasteiger charge is 2.25. The molecule has 2 N–H and O–H groups in total. The van der Waals surface area contributed by atoms with E-state index >= 15 is 0 Å². The van der Waals surface area contributed by atoms with Crippen LogP contribution in [0.2, 0.25) is 5.02 Å². The zero-order valence-electron chi connectivity index (χ0n) is 11.7. The average Bonchev–Trinajstić information content (AvgIpc) is 2.38. The van der Waals surface area contributed by atoms with Crippen LogP contribution in [0.15, 0.2) is 24.3 Å². The van der Waals surface area contributed by atoms with Crippen LogP contribution in [0.25, 0.3) is 0 Å². The number of hydrogen-bond acceptors (Lipinski definition) is 2. The number of rotatable bonds is 7. The zero-order valence-corrected chi connectivity index (χ0v) is 12.5. The molecule has 0 aliphatic heterocycles. The smallest absolute Gasteiger partial charge is 0.306 e. The van der Waals surface area contributed by atoms with E-state index in [1.54, 1.807) is 31.2 Å². The number of aliphatic carboxylic acids is 1. The van der Waals surface area contributed by atoms with E-state index in [0.29, 0.717) is 17.1 Å². The van der Waals surface area contributed by atoms with E-state index in [4.69, 9.17) is 16.7 Å². The van der Waals surface area contributed by atoms with E-state index in [-0.39, 0.29) is 18.2 Å². The maximum absolute atomic E-state index is 11.9. The standard InChI is InChI=1S/C15H20ClNO3/c1-3-6-11(15(19)20)10(2)9-14(18)17-13-8-5-4-7-12(13)16/h4-5,7-8,10-11H,3,6,9H2,1-2H3,(H,17,18)(H,19,20)/t10-,11-/m1/s1. The van der Waals surface area contributed by atoms with Gasteiger partial charge in [0.25, 0.3) is 0 Å². The molecule has 20 heavy (non-hydrogen) atoms. The number of para-hydroxylation sites is 1. The van der Waals surface area contributed by atoms with Crippen molar-refractivity contribution in [3.8, 4) is 0 Å². The Balaban J connectivity index is 2.61. The van der Waals surface area contributed by atoms with Crippen molar-refractivity contribution < 1.29 is 14.7 Å². The molecule has 0 aliphatic rings. The number of carbonyl (C=O) groups excluding carboxylic acids is 1. The molecule has 0 aromatic heterocycles. The van der Waals surface area contributed by atoms with Gasteiger partial charge in [-0.2, -0.15) is 0 Å². The van der Waals surface area contributed by atoms with Gasteiger partial charge in [0.15, 0.2) is 0 Å². The van der Waals surface area contributed by atoms with Crippen LogP contribution in [-0.4, -0.2) is 17.0 Å². The normalized spacial score (nSPS) is 13.6. The predicted octanol–water partition coefficient (Wildman–Crippen LogP) is 3.81. The number of amides is 1. The maximum Gasteiger partial charge on any atom is 0.306 e. The molecule has 0 unspecified atom stereocenters. The van der Waals surface area contributed by atoms with Gasteiger partial charge in [0.2, 0.25) is 5.91 Å². The summed E-state index contributed by atoms with van der Waals surface area (Å²) >= 11 is 5.96. The molecule has 1 rings (SSSR count). The minimum absolute atomic E-state index is 0.169. The number of carboxylic acids is 1. The van der Waals surface area contributed by atoms with Crippen LogP contribution in [-0.2, 0) is 9.59 Å². The van der Waals surface area contributed by atoms with Crippen molar-refractivity contribution in [2.24, 2.45) is 11.8 Å². The minimum Gasteiger partial charge on any atom is -0.481 e. The zero-order chi connectivity index (χ0) is 15.1. The highest BCUT2D eigenvalue weighted by atomic mass is 35.5. The summed E-state index contributed by atoms with van der Waals surface area (Å²) in [6.45, 7) is 3.73. The Morgan fingerprint density at radius 2 is 2.00 bits per heavy atom. The van der Waals surface area contributed by atoms with E-state index in [0.717, 1.165) is 6.42 Å². The molecule has 5 heteroatoms. The van der Waals surface area contributed by atoms with E-state index in [1.807, 2.05) is 6.92 Å². The molecule has 0 heterocycles. The van der Waals surface area contributed by atoms with E-state index in [2.05, 4.69) is 5.32 Å². The lowest BCUT2D eigenvalue weighted by Crippen LogP contribution is -2.26. The Hall–Kier alpha value is -1.55. The molecule has 0 spiro atoms. The van der Waals surface area contributed by atoms with Crippen molar-refractivity contribution >= 4 is 29.2 Å². The molecule has 0 saturated heterocycles. The van der Waals surface area contributed by atoms with E-state index in [1.165, 1.54) is 0 Å². The first kappa shape index (κ1) is 16.5. The van der Waals surface area contributed by atoms with Gasteiger partial charge in [0, 0.05) is 6.42 Å². The van der Waals surface area contributed by atoms with Crippen molar-refractivity contribution in [2.75, 3.05) is 5.32 Å². The number of halogens is 1. The second kappa shape index (κ2) is 7.90. The van der Waals surface area contributed by atoms with E-state index in [9.17, 15) is 9.59 Å². The molecule has 4 nitrogen and oxygen atoms in total. The topological polar surface area (TPSA) is 66.4 Å². The molecule has 0 saturated carbocycles. The molecule has 1 amide bonds. The Labute approximate surface area is 124 Å². The first-order chi connectivity index (χ1) is 9.45. The molecule has 1 aromatic rings. The molecule has 0 aliphatic carbocycles. The van der Waals surface area contributed by atoms with Gasteiger partial charge in [0.1, 0.15) is 0 Å². The number of hydrogen-bond donors (Lipinski definition) is 2. The molecular formula is C15H20ClNO3. The highest BCUT2D eigenvalue weighted by Crippen LogP contribution is 2.24. The molecule has 1 aromatic carbocycles. The summed E-state index contributed by atoms with van der Waals surface area (Å²) in [7, 11) is 0. The molecular weight excluding hydrogens is 278 g/mol. The van der Waals surface area contributed by atoms with Gasteiger partial charge in [-0.25, -0.2) is 0 Å². The largest absolute Gasteiger partial charge is 0.481 e. The predicted molar refractivity (Wildman–Crippen MR) is 79.9 cm³/mol. The molecule has 110 valence electrons. The summed E-state index contributed by atoms with van der Waals surface area (Å²) < 4.78 is 0. The number of nitrogens with one attached hydrogen (secondary N) is 1. The number of carbonyl (C=O) groups is 2. The Kier molecular flexibility index (Phi) is 6.52. The van der Waals surface area contributed by atoms with Crippen molar-refractivity contribution in [1.82, 2.24) is 0 Å². The van der Waals surface area contributed by atoms with Crippen LogP contribution in [0.5, 0.6) is 0 Å². The van der Waals surface area contributed by atoms with Gasteiger partial charge < -0.3 is 10.4 Å². The molecule has 2 atom stereocenters. The van der Waals surface area contributed by atoms with Crippen LogP contribution in [0.3, 0.4) is 0 Å². The summed E-state index contributed by atoms with van der Waals surface area (Å²) in [5.74, 6) is -1.76. The summed E-state index contributed by atoms with van der Waals surface area (Å²) in [5.41, 5.74) is 0.550. The Morgan fingerprint density at radius 1 is 1.35 bits per heavy atom. The lowest BCUT2D eigenvalue weighted by molar-refractivity contribution is -0.144. The number of anilines is 1. The van der Waals surface area contributed by atoms with Crippen molar-refractivity contribution in [2.45, 2.75) is 33.1 Å². The quantitative estimate of drug-likeness (QED) is 0.804. The van der Waals surface area contributed by atoms with Crippen molar-refractivity contribution in [3.05, 3.63) is 29.3 Å². The third kappa shape index (κ3) is 4.85. The summed E-state index contributed by atoms with van der Waals surface area (Å²) in [6, 6.07) is 6.97. The SMILES string of the molecule is CCC[C@@H](C(=O)O)[C@H](C)CC(=O)Nc1ccccc1Cl. The fraction of sp³-hybridized carbons (Fsp3) is 0.467.